The van der Waals surface area contributed by atoms with Crippen LogP contribution in [0.5, 0.6) is 0 Å². The van der Waals surface area contributed by atoms with Gasteiger partial charge in [-0.1, -0.05) is 27.7 Å². The van der Waals surface area contributed by atoms with Crippen molar-refractivity contribution in [3.05, 3.63) is 11.4 Å². The Morgan fingerprint density at radius 3 is 2.30 bits per heavy atom. The Labute approximate surface area is 123 Å². The lowest BCUT2D eigenvalue weighted by Crippen LogP contribution is -2.31. The van der Waals surface area contributed by atoms with Crippen LogP contribution in [-0.2, 0) is 9.05 Å². The fourth-order valence-corrected chi connectivity index (χ4v) is 3.32. The minimum atomic E-state index is -4.04. The molecule has 0 aromatic carbocycles. The largest absolute Gasteiger partial charge is 0.340 e. The number of aromatic nitrogens is 2. The second-order valence-corrected chi connectivity index (χ2v) is 7.99. The first-order valence-corrected chi connectivity index (χ1v) is 8.65. The first kappa shape index (κ1) is 17.0. The van der Waals surface area contributed by atoms with E-state index in [9.17, 15) is 13.2 Å². The van der Waals surface area contributed by atoms with Crippen molar-refractivity contribution in [2.75, 3.05) is 13.6 Å². The van der Waals surface area contributed by atoms with E-state index in [1.807, 2.05) is 13.8 Å². The summed E-state index contributed by atoms with van der Waals surface area (Å²) in [6.45, 7) is 8.03. The predicted octanol–water partition coefficient (Wildman–Crippen LogP) is 2.19. The summed E-state index contributed by atoms with van der Waals surface area (Å²) in [5, 5.41) is 6.46. The molecule has 0 saturated heterocycles. The van der Waals surface area contributed by atoms with E-state index < -0.39 is 15.0 Å². The number of aromatic amines is 1. The van der Waals surface area contributed by atoms with E-state index >= 15 is 0 Å². The average Bonchev–Trinajstić information content (AvgIpc) is 2.70. The standard InChI is InChI=1S/C12H20ClN3O3S/c1-7(2)6-16(5)12(17)10-11(20(13,18)19)9(8(3)4)14-15-10/h7-8H,6H2,1-5H3,(H,14,15). The number of halogens is 1. The van der Waals surface area contributed by atoms with Crippen molar-refractivity contribution in [2.24, 2.45) is 5.92 Å². The third kappa shape index (κ3) is 3.73. The molecule has 0 saturated carbocycles. The summed E-state index contributed by atoms with van der Waals surface area (Å²) in [6, 6.07) is 0. The number of rotatable bonds is 5. The zero-order valence-corrected chi connectivity index (χ0v) is 13.8. The topological polar surface area (TPSA) is 83.1 Å². The quantitative estimate of drug-likeness (QED) is 0.843. The van der Waals surface area contributed by atoms with Gasteiger partial charge in [0.1, 0.15) is 4.90 Å². The fourth-order valence-electron chi connectivity index (χ4n) is 1.94. The van der Waals surface area contributed by atoms with Crippen LogP contribution in [0, 0.1) is 5.92 Å². The maximum atomic E-state index is 12.3. The lowest BCUT2D eigenvalue weighted by Gasteiger charge is -2.18. The summed E-state index contributed by atoms with van der Waals surface area (Å²) in [5.74, 6) is -0.326. The monoisotopic (exact) mass is 321 g/mol. The van der Waals surface area contributed by atoms with Crippen LogP contribution < -0.4 is 0 Å². The molecule has 0 atom stereocenters. The van der Waals surface area contributed by atoms with Crippen molar-refractivity contribution in [3.8, 4) is 0 Å². The van der Waals surface area contributed by atoms with Crippen LogP contribution in [0.3, 0.4) is 0 Å². The van der Waals surface area contributed by atoms with E-state index in [-0.39, 0.29) is 22.4 Å². The Hall–Kier alpha value is -1.08. The minimum Gasteiger partial charge on any atom is -0.340 e. The van der Waals surface area contributed by atoms with Gasteiger partial charge in [0.05, 0.1) is 5.69 Å². The number of nitrogens with one attached hydrogen (secondary N) is 1. The summed E-state index contributed by atoms with van der Waals surface area (Å²) in [7, 11) is 3.02. The number of carbonyl (C=O) groups is 1. The molecule has 0 aliphatic heterocycles. The molecule has 20 heavy (non-hydrogen) atoms. The van der Waals surface area contributed by atoms with Gasteiger partial charge in [-0.15, -0.1) is 0 Å². The van der Waals surface area contributed by atoms with Crippen LogP contribution in [0.15, 0.2) is 4.90 Å². The smallest absolute Gasteiger partial charge is 0.275 e. The minimum absolute atomic E-state index is 0.136. The SMILES string of the molecule is CC(C)CN(C)C(=O)c1n[nH]c(C(C)C)c1S(=O)(=O)Cl. The maximum Gasteiger partial charge on any atom is 0.275 e. The second-order valence-electron chi connectivity index (χ2n) is 5.49. The van der Waals surface area contributed by atoms with Crippen LogP contribution in [0.2, 0.25) is 0 Å². The Morgan fingerprint density at radius 1 is 1.35 bits per heavy atom. The van der Waals surface area contributed by atoms with E-state index in [1.165, 1.54) is 4.90 Å². The third-order valence-corrected chi connectivity index (χ3v) is 4.12. The molecule has 1 N–H and O–H groups in total. The van der Waals surface area contributed by atoms with Crippen molar-refractivity contribution < 1.29 is 13.2 Å². The fraction of sp³-hybridized carbons (Fsp3) is 0.667. The molecule has 114 valence electrons. The number of carbonyl (C=O) groups excluding carboxylic acids is 1. The molecule has 0 aliphatic rings. The van der Waals surface area contributed by atoms with Gasteiger partial charge in [0.2, 0.25) is 0 Å². The number of H-pyrrole nitrogens is 1. The highest BCUT2D eigenvalue weighted by atomic mass is 35.7. The number of hydrogen-bond donors (Lipinski definition) is 1. The number of amides is 1. The van der Waals surface area contributed by atoms with Gasteiger partial charge in [-0.3, -0.25) is 9.89 Å². The molecule has 1 aromatic heterocycles. The van der Waals surface area contributed by atoms with Gasteiger partial charge in [0, 0.05) is 24.3 Å². The van der Waals surface area contributed by atoms with E-state index in [0.717, 1.165) is 0 Å². The molecule has 0 bridgehead atoms. The van der Waals surface area contributed by atoms with E-state index in [4.69, 9.17) is 10.7 Å². The lowest BCUT2D eigenvalue weighted by atomic mass is 10.1. The van der Waals surface area contributed by atoms with Gasteiger partial charge in [0.25, 0.3) is 15.0 Å². The Balaban J connectivity index is 3.30. The van der Waals surface area contributed by atoms with Crippen LogP contribution in [0.4, 0.5) is 0 Å². The maximum absolute atomic E-state index is 12.3. The summed E-state index contributed by atoms with van der Waals surface area (Å²) < 4.78 is 23.4. The normalized spacial score (nSPS) is 12.2. The van der Waals surface area contributed by atoms with Crippen molar-refractivity contribution in [1.29, 1.82) is 0 Å². The molecule has 0 aliphatic carbocycles. The van der Waals surface area contributed by atoms with Gasteiger partial charge in [-0.2, -0.15) is 5.10 Å². The van der Waals surface area contributed by atoms with Crippen LogP contribution in [-0.4, -0.2) is 43.0 Å². The third-order valence-electron chi connectivity index (χ3n) is 2.76. The zero-order chi connectivity index (χ0) is 15.7. The van der Waals surface area contributed by atoms with E-state index in [2.05, 4.69) is 10.2 Å². The van der Waals surface area contributed by atoms with Crippen molar-refractivity contribution in [1.82, 2.24) is 15.1 Å². The lowest BCUT2D eigenvalue weighted by molar-refractivity contribution is 0.0769. The molecular weight excluding hydrogens is 302 g/mol. The van der Waals surface area contributed by atoms with E-state index in [0.29, 0.717) is 12.2 Å². The first-order chi connectivity index (χ1) is 9.05. The Kier molecular flexibility index (Phi) is 5.21. The molecule has 8 heteroatoms. The molecule has 1 rings (SSSR count). The van der Waals surface area contributed by atoms with Gasteiger partial charge in [0.15, 0.2) is 5.69 Å². The number of nitrogens with zero attached hydrogens (tertiary/aromatic N) is 2. The van der Waals surface area contributed by atoms with Gasteiger partial charge >= 0.3 is 0 Å². The molecule has 6 nitrogen and oxygen atoms in total. The van der Waals surface area contributed by atoms with Crippen molar-refractivity contribution >= 4 is 25.6 Å². The van der Waals surface area contributed by atoms with Crippen molar-refractivity contribution in [2.45, 2.75) is 38.5 Å². The van der Waals surface area contributed by atoms with Crippen LogP contribution in [0.1, 0.15) is 49.8 Å². The Morgan fingerprint density at radius 2 is 1.90 bits per heavy atom. The average molecular weight is 322 g/mol. The van der Waals surface area contributed by atoms with Crippen LogP contribution >= 0.6 is 10.7 Å². The second kappa shape index (κ2) is 6.13. The molecule has 1 amide bonds. The summed E-state index contributed by atoms with van der Waals surface area (Å²) in [5.41, 5.74) is 0.202. The highest BCUT2D eigenvalue weighted by molar-refractivity contribution is 8.13. The van der Waals surface area contributed by atoms with Crippen molar-refractivity contribution in [3.63, 3.8) is 0 Å². The van der Waals surface area contributed by atoms with Gasteiger partial charge in [-0.25, -0.2) is 8.42 Å². The zero-order valence-electron chi connectivity index (χ0n) is 12.3. The summed E-state index contributed by atoms with van der Waals surface area (Å²) in [4.78, 5) is 13.5. The Bertz CT molecular complexity index is 593. The molecule has 0 radical (unpaired) electrons. The highest BCUT2D eigenvalue weighted by Gasteiger charge is 2.31. The summed E-state index contributed by atoms with van der Waals surface area (Å²) in [6.07, 6.45) is 0. The molecule has 1 aromatic rings. The molecule has 0 spiro atoms. The number of hydrogen-bond acceptors (Lipinski definition) is 4. The van der Waals surface area contributed by atoms with Crippen LogP contribution in [0.25, 0.3) is 0 Å². The van der Waals surface area contributed by atoms with Gasteiger partial charge < -0.3 is 4.90 Å². The first-order valence-electron chi connectivity index (χ1n) is 6.34. The molecule has 1 heterocycles. The highest BCUT2D eigenvalue weighted by Crippen LogP contribution is 2.28. The molecular formula is C12H20ClN3O3S. The van der Waals surface area contributed by atoms with Gasteiger partial charge in [-0.05, 0) is 11.8 Å². The predicted molar refractivity (Wildman–Crippen MR) is 77.5 cm³/mol. The van der Waals surface area contributed by atoms with E-state index in [1.54, 1.807) is 20.9 Å². The molecule has 0 unspecified atom stereocenters. The summed E-state index contributed by atoms with van der Waals surface area (Å²) >= 11 is 0. The molecule has 0 fully saturated rings.